The second-order valence-electron chi connectivity index (χ2n) is 10.0. The predicted octanol–water partition coefficient (Wildman–Crippen LogP) is 4.44. The molecule has 0 unspecified atom stereocenters. The van der Waals surface area contributed by atoms with Crippen LogP contribution in [0.3, 0.4) is 0 Å². The standard InChI is InChI=1S/C28H30N6O2/c1-6-20-16-30-34-19-22(23-17-29-31(5)18-23)15-25(26(20)34)21-7-9-24(10-8-21)32-11-13-33(14-12-32)27(35)36-28(2,3)4/h1,7-10,15-19H,11-14H2,2-5H3. The van der Waals surface area contributed by atoms with Gasteiger partial charge in [0.05, 0.1) is 23.5 Å². The predicted molar refractivity (Wildman–Crippen MR) is 141 cm³/mol. The highest BCUT2D eigenvalue weighted by molar-refractivity contribution is 5.88. The van der Waals surface area contributed by atoms with Gasteiger partial charge in [-0.2, -0.15) is 10.2 Å². The van der Waals surface area contributed by atoms with Crippen molar-refractivity contribution in [2.45, 2.75) is 26.4 Å². The first-order valence-corrected chi connectivity index (χ1v) is 12.0. The molecular weight excluding hydrogens is 452 g/mol. The molecule has 0 saturated carbocycles. The molecule has 5 rings (SSSR count). The summed E-state index contributed by atoms with van der Waals surface area (Å²) in [5.41, 5.74) is 6.39. The van der Waals surface area contributed by atoms with Gasteiger partial charge in [-0.05, 0) is 44.5 Å². The summed E-state index contributed by atoms with van der Waals surface area (Å²) < 4.78 is 9.14. The van der Waals surface area contributed by atoms with Gasteiger partial charge in [-0.1, -0.05) is 18.1 Å². The molecule has 184 valence electrons. The lowest BCUT2D eigenvalue weighted by Crippen LogP contribution is -2.50. The largest absolute Gasteiger partial charge is 0.444 e. The van der Waals surface area contributed by atoms with Crippen LogP contribution in [0.1, 0.15) is 26.3 Å². The van der Waals surface area contributed by atoms with Crippen LogP contribution < -0.4 is 4.90 Å². The fourth-order valence-corrected chi connectivity index (χ4v) is 4.50. The number of amides is 1. The van der Waals surface area contributed by atoms with Crippen LogP contribution in [0.25, 0.3) is 27.8 Å². The molecule has 1 amide bonds. The molecule has 4 heterocycles. The topological polar surface area (TPSA) is 67.9 Å². The van der Waals surface area contributed by atoms with Crippen molar-refractivity contribution in [3.05, 3.63) is 60.7 Å². The molecule has 0 radical (unpaired) electrons. The number of benzene rings is 1. The van der Waals surface area contributed by atoms with Crippen molar-refractivity contribution in [2.24, 2.45) is 7.05 Å². The molecular formula is C28H30N6O2. The summed E-state index contributed by atoms with van der Waals surface area (Å²) in [4.78, 5) is 16.5. The van der Waals surface area contributed by atoms with Crippen LogP contribution >= 0.6 is 0 Å². The highest BCUT2D eigenvalue weighted by Crippen LogP contribution is 2.33. The van der Waals surface area contributed by atoms with Crippen LogP contribution in [-0.2, 0) is 11.8 Å². The minimum absolute atomic E-state index is 0.250. The number of carbonyl (C=O) groups excluding carboxylic acids is 1. The van der Waals surface area contributed by atoms with Gasteiger partial charge >= 0.3 is 6.09 Å². The number of hydrogen-bond donors (Lipinski definition) is 0. The zero-order valence-electron chi connectivity index (χ0n) is 21.1. The summed E-state index contributed by atoms with van der Waals surface area (Å²) in [6, 6.07) is 10.6. The molecule has 3 aromatic heterocycles. The number of carbonyl (C=O) groups is 1. The molecule has 4 aromatic rings. The van der Waals surface area contributed by atoms with E-state index in [4.69, 9.17) is 11.2 Å². The van der Waals surface area contributed by atoms with Crippen LogP contribution in [0.4, 0.5) is 10.5 Å². The monoisotopic (exact) mass is 482 g/mol. The smallest absolute Gasteiger partial charge is 0.410 e. The number of piperazine rings is 1. The Morgan fingerprint density at radius 2 is 1.69 bits per heavy atom. The van der Waals surface area contributed by atoms with E-state index in [0.717, 1.165) is 52.1 Å². The van der Waals surface area contributed by atoms with Crippen LogP contribution in [0.5, 0.6) is 0 Å². The first kappa shape index (κ1) is 23.5. The van der Waals surface area contributed by atoms with E-state index in [1.54, 1.807) is 15.8 Å². The number of rotatable bonds is 3. The Hall–Kier alpha value is -4.25. The number of fused-ring (bicyclic) bond motifs is 1. The van der Waals surface area contributed by atoms with Crippen molar-refractivity contribution in [3.8, 4) is 34.6 Å². The molecule has 1 fully saturated rings. The number of terminal acetylenes is 1. The van der Waals surface area contributed by atoms with Crippen LogP contribution in [-0.4, -0.2) is 62.2 Å². The van der Waals surface area contributed by atoms with Crippen LogP contribution in [0, 0.1) is 12.3 Å². The van der Waals surface area contributed by atoms with Crippen molar-refractivity contribution in [3.63, 3.8) is 0 Å². The molecule has 1 aliphatic heterocycles. The van der Waals surface area contributed by atoms with Crippen molar-refractivity contribution < 1.29 is 9.53 Å². The molecule has 36 heavy (non-hydrogen) atoms. The van der Waals surface area contributed by atoms with Gasteiger partial charge in [0.1, 0.15) is 5.60 Å². The Bertz CT molecular complexity index is 1440. The third-order valence-corrected chi connectivity index (χ3v) is 6.28. The van der Waals surface area contributed by atoms with E-state index in [-0.39, 0.29) is 6.09 Å². The fraction of sp³-hybridized carbons (Fsp3) is 0.321. The molecule has 0 atom stereocenters. The maximum atomic E-state index is 12.4. The molecule has 1 saturated heterocycles. The van der Waals surface area contributed by atoms with Gasteiger partial charge in [-0.25, -0.2) is 9.31 Å². The molecule has 1 aliphatic rings. The number of aromatic nitrogens is 4. The number of aryl methyl sites for hydroxylation is 1. The Morgan fingerprint density at radius 1 is 0.972 bits per heavy atom. The van der Waals surface area contributed by atoms with Crippen molar-refractivity contribution in [2.75, 3.05) is 31.1 Å². The first-order chi connectivity index (χ1) is 17.2. The number of ether oxygens (including phenoxy) is 1. The van der Waals surface area contributed by atoms with Crippen molar-refractivity contribution in [1.29, 1.82) is 0 Å². The Morgan fingerprint density at radius 3 is 2.31 bits per heavy atom. The summed E-state index contributed by atoms with van der Waals surface area (Å²) in [6.45, 7) is 8.43. The van der Waals surface area contributed by atoms with Gasteiger partial charge in [-0.3, -0.25) is 4.68 Å². The molecule has 0 spiro atoms. The summed E-state index contributed by atoms with van der Waals surface area (Å²) in [5, 5.41) is 8.81. The van der Waals surface area contributed by atoms with E-state index in [2.05, 4.69) is 51.3 Å². The Balaban J connectivity index is 1.40. The number of anilines is 1. The highest BCUT2D eigenvalue weighted by Gasteiger charge is 2.26. The third-order valence-electron chi connectivity index (χ3n) is 6.28. The lowest BCUT2D eigenvalue weighted by Gasteiger charge is -2.36. The van der Waals surface area contributed by atoms with Gasteiger partial charge in [0.25, 0.3) is 0 Å². The fourth-order valence-electron chi connectivity index (χ4n) is 4.50. The minimum atomic E-state index is -0.488. The number of hydrogen-bond acceptors (Lipinski definition) is 5. The molecule has 8 nitrogen and oxygen atoms in total. The lowest BCUT2D eigenvalue weighted by molar-refractivity contribution is 0.0240. The van der Waals surface area contributed by atoms with E-state index in [1.807, 2.05) is 50.9 Å². The van der Waals surface area contributed by atoms with E-state index in [1.165, 1.54) is 0 Å². The number of pyridine rings is 1. The quantitative estimate of drug-likeness (QED) is 0.404. The normalized spacial score (nSPS) is 14.2. The van der Waals surface area contributed by atoms with E-state index < -0.39 is 5.60 Å². The molecule has 0 bridgehead atoms. The van der Waals surface area contributed by atoms with E-state index in [0.29, 0.717) is 13.1 Å². The van der Waals surface area contributed by atoms with Crippen molar-refractivity contribution in [1.82, 2.24) is 24.3 Å². The second-order valence-corrected chi connectivity index (χ2v) is 10.0. The van der Waals surface area contributed by atoms with Gasteiger partial charge < -0.3 is 14.5 Å². The maximum absolute atomic E-state index is 12.4. The minimum Gasteiger partial charge on any atom is -0.444 e. The molecule has 0 N–H and O–H groups in total. The summed E-state index contributed by atoms with van der Waals surface area (Å²) in [5.74, 6) is 2.76. The van der Waals surface area contributed by atoms with Crippen molar-refractivity contribution >= 4 is 17.3 Å². The van der Waals surface area contributed by atoms with E-state index in [9.17, 15) is 4.79 Å². The van der Waals surface area contributed by atoms with Crippen LogP contribution in [0.15, 0.2) is 55.1 Å². The number of nitrogens with zero attached hydrogens (tertiary/aromatic N) is 6. The highest BCUT2D eigenvalue weighted by atomic mass is 16.6. The van der Waals surface area contributed by atoms with Gasteiger partial charge in [0.2, 0.25) is 0 Å². The lowest BCUT2D eigenvalue weighted by atomic mass is 9.99. The van der Waals surface area contributed by atoms with Gasteiger partial charge in [0.15, 0.2) is 0 Å². The summed E-state index contributed by atoms with van der Waals surface area (Å²) in [6.07, 6.45) is 13.1. The Labute approximate surface area is 211 Å². The van der Waals surface area contributed by atoms with Gasteiger partial charge in [-0.15, -0.1) is 6.42 Å². The summed E-state index contributed by atoms with van der Waals surface area (Å²) >= 11 is 0. The van der Waals surface area contributed by atoms with Gasteiger partial charge in [0, 0.05) is 68.0 Å². The zero-order chi connectivity index (χ0) is 25.4. The first-order valence-electron chi connectivity index (χ1n) is 12.0. The summed E-state index contributed by atoms with van der Waals surface area (Å²) in [7, 11) is 1.90. The van der Waals surface area contributed by atoms with E-state index >= 15 is 0 Å². The molecule has 0 aliphatic carbocycles. The third kappa shape index (κ3) is 4.65. The SMILES string of the molecule is C#Cc1cnn2cc(-c3cnn(C)c3)cc(-c3ccc(N4CCN(C(=O)OC(C)(C)C)CC4)cc3)c12. The zero-order valence-corrected chi connectivity index (χ0v) is 21.1. The van der Waals surface area contributed by atoms with Crippen LogP contribution in [0.2, 0.25) is 0 Å². The second kappa shape index (κ2) is 9.08. The molecule has 8 heteroatoms. The maximum Gasteiger partial charge on any atom is 0.410 e. The average Bonchev–Trinajstić information content (AvgIpc) is 3.48. The molecule has 1 aromatic carbocycles. The Kier molecular flexibility index (Phi) is 5.92. The average molecular weight is 483 g/mol.